The quantitative estimate of drug-likeness (QED) is 0.302. The molecule has 1 aliphatic rings. The summed E-state index contributed by atoms with van der Waals surface area (Å²) in [6.45, 7) is 15.2. The van der Waals surface area contributed by atoms with E-state index < -0.39 is 0 Å². The first-order valence-corrected chi connectivity index (χ1v) is 8.39. The Morgan fingerprint density at radius 1 is 1.08 bits per heavy atom. The molecule has 0 aromatic heterocycles. The van der Waals surface area contributed by atoms with Gasteiger partial charge >= 0.3 is 0 Å². The highest BCUT2D eigenvalue weighted by Gasteiger charge is 1.94. The van der Waals surface area contributed by atoms with Crippen molar-refractivity contribution in [3.63, 3.8) is 0 Å². The molecular formula is C23H33N3. The van der Waals surface area contributed by atoms with Crippen molar-refractivity contribution in [3.8, 4) is 0 Å². The van der Waals surface area contributed by atoms with E-state index in [2.05, 4.69) is 62.7 Å². The van der Waals surface area contributed by atoms with Gasteiger partial charge in [-0.15, -0.1) is 6.58 Å². The molecule has 0 spiro atoms. The molecule has 0 atom stereocenters. The zero-order valence-corrected chi connectivity index (χ0v) is 16.1. The molecule has 0 radical (unpaired) electrons. The minimum atomic E-state index is 0.981. The van der Waals surface area contributed by atoms with Crippen LogP contribution in [0.4, 0.5) is 0 Å². The highest BCUT2D eigenvalue weighted by Crippen LogP contribution is 2.11. The first kappa shape index (κ1) is 25.4. The highest BCUT2D eigenvalue weighted by molar-refractivity contribution is 5.46. The molecule has 0 saturated carbocycles. The van der Waals surface area contributed by atoms with Crippen molar-refractivity contribution in [1.82, 2.24) is 5.32 Å². The van der Waals surface area contributed by atoms with Gasteiger partial charge in [0.05, 0.1) is 0 Å². The van der Waals surface area contributed by atoms with Crippen LogP contribution in [0, 0.1) is 6.92 Å². The Hall–Kier alpha value is -2.88. The summed E-state index contributed by atoms with van der Waals surface area (Å²) in [5, 5.41) is 3.04. The molecule has 0 saturated heterocycles. The SMILES string of the molecule is C=C/C=C\C1=C\N/C=C\C=C/C1=C.C=CCC.Cc1ccccc1.NN. The summed E-state index contributed by atoms with van der Waals surface area (Å²) in [6.07, 6.45) is 18.2. The number of allylic oxidation sites excluding steroid dienone is 9. The smallest absolute Gasteiger partial charge is 0.00833 e. The number of hydrogen-bond donors (Lipinski definition) is 3. The first-order chi connectivity index (χ1) is 12.7. The molecule has 2 rings (SSSR count). The largest absolute Gasteiger partial charge is 0.367 e. The van der Waals surface area contributed by atoms with Crippen LogP contribution in [0.2, 0.25) is 0 Å². The average molecular weight is 352 g/mol. The molecule has 1 aliphatic heterocycles. The summed E-state index contributed by atoms with van der Waals surface area (Å²) in [5.74, 6) is 8.00. The number of aryl methyl sites for hydroxylation is 1. The zero-order chi connectivity index (χ0) is 20.0. The molecule has 3 heteroatoms. The van der Waals surface area contributed by atoms with Crippen molar-refractivity contribution in [3.05, 3.63) is 122 Å². The van der Waals surface area contributed by atoms with Gasteiger partial charge in [-0.05, 0) is 30.6 Å². The molecule has 5 N–H and O–H groups in total. The van der Waals surface area contributed by atoms with Crippen LogP contribution in [0.3, 0.4) is 0 Å². The van der Waals surface area contributed by atoms with Gasteiger partial charge in [0.2, 0.25) is 0 Å². The van der Waals surface area contributed by atoms with Crippen molar-refractivity contribution in [2.45, 2.75) is 20.3 Å². The monoisotopic (exact) mass is 351 g/mol. The Morgan fingerprint density at radius 2 is 1.69 bits per heavy atom. The van der Waals surface area contributed by atoms with Crippen molar-refractivity contribution < 1.29 is 0 Å². The van der Waals surface area contributed by atoms with Gasteiger partial charge in [0, 0.05) is 12.4 Å². The average Bonchev–Trinajstić information content (AvgIpc) is 2.67. The van der Waals surface area contributed by atoms with Crippen LogP contribution in [0.25, 0.3) is 0 Å². The van der Waals surface area contributed by atoms with E-state index in [1.54, 1.807) is 6.08 Å². The Kier molecular flexibility index (Phi) is 19.7. The molecule has 0 fully saturated rings. The van der Waals surface area contributed by atoms with E-state index in [-0.39, 0.29) is 0 Å². The van der Waals surface area contributed by atoms with E-state index in [0.717, 1.165) is 17.6 Å². The van der Waals surface area contributed by atoms with E-state index in [4.69, 9.17) is 0 Å². The predicted molar refractivity (Wildman–Crippen MR) is 118 cm³/mol. The van der Waals surface area contributed by atoms with Gasteiger partial charge in [-0.2, -0.15) is 0 Å². The lowest BCUT2D eigenvalue weighted by Gasteiger charge is -2.03. The number of nitrogens with one attached hydrogen (secondary N) is 1. The van der Waals surface area contributed by atoms with Crippen LogP contribution in [0.1, 0.15) is 18.9 Å². The van der Waals surface area contributed by atoms with Gasteiger partial charge in [0.1, 0.15) is 0 Å². The lowest BCUT2D eigenvalue weighted by Crippen LogP contribution is -2.02. The Bertz CT molecular complexity index is 606. The molecule has 0 aliphatic carbocycles. The molecule has 0 bridgehead atoms. The Morgan fingerprint density at radius 3 is 2.15 bits per heavy atom. The lowest BCUT2D eigenvalue weighted by atomic mass is 10.1. The molecule has 1 aromatic carbocycles. The standard InChI is InChI=1S/C12H13N.C7H8.C4H8.H4N2/c1-3-4-8-12-10-13-9-6-5-7-11(12)2;1-7-5-3-2-4-6-7;1-3-4-2;1-2/h3-10,13H,1-2H2;2-6H,1H3;3H,1,4H2,2H3;1-2H2/b7-5-,8-4-,9-6-,12-10-;;;. The third-order valence-electron chi connectivity index (χ3n) is 2.85. The van der Waals surface area contributed by atoms with E-state index in [1.807, 2.05) is 67.1 Å². The summed E-state index contributed by atoms with van der Waals surface area (Å²) in [5.41, 5.74) is 3.36. The van der Waals surface area contributed by atoms with Gasteiger partial charge in [0.15, 0.2) is 0 Å². The van der Waals surface area contributed by atoms with E-state index >= 15 is 0 Å². The summed E-state index contributed by atoms with van der Waals surface area (Å²) in [6, 6.07) is 10.3. The zero-order valence-electron chi connectivity index (χ0n) is 16.1. The molecule has 3 nitrogen and oxygen atoms in total. The minimum absolute atomic E-state index is 0.981. The fourth-order valence-electron chi connectivity index (χ4n) is 1.47. The molecular weight excluding hydrogens is 318 g/mol. The Labute approximate surface area is 159 Å². The topological polar surface area (TPSA) is 64.1 Å². The minimum Gasteiger partial charge on any atom is -0.367 e. The van der Waals surface area contributed by atoms with Gasteiger partial charge in [-0.1, -0.05) is 92.4 Å². The number of benzene rings is 1. The fraction of sp³-hybridized carbons (Fsp3) is 0.130. The van der Waals surface area contributed by atoms with Gasteiger partial charge in [-0.3, -0.25) is 11.7 Å². The van der Waals surface area contributed by atoms with E-state index in [9.17, 15) is 0 Å². The van der Waals surface area contributed by atoms with Crippen molar-refractivity contribution in [2.24, 2.45) is 11.7 Å². The van der Waals surface area contributed by atoms with Crippen molar-refractivity contribution >= 4 is 0 Å². The molecule has 1 aromatic rings. The van der Waals surface area contributed by atoms with Gasteiger partial charge < -0.3 is 5.32 Å². The molecule has 26 heavy (non-hydrogen) atoms. The number of rotatable bonds is 3. The molecule has 140 valence electrons. The van der Waals surface area contributed by atoms with Gasteiger partial charge in [-0.25, -0.2) is 0 Å². The maximum atomic E-state index is 4.00. The van der Waals surface area contributed by atoms with Crippen LogP contribution in [0.5, 0.6) is 0 Å². The summed E-state index contributed by atoms with van der Waals surface area (Å²) >= 11 is 0. The van der Waals surface area contributed by atoms with Crippen molar-refractivity contribution in [2.75, 3.05) is 0 Å². The van der Waals surface area contributed by atoms with Crippen LogP contribution < -0.4 is 17.0 Å². The van der Waals surface area contributed by atoms with Crippen LogP contribution in [0.15, 0.2) is 116 Å². The third kappa shape index (κ3) is 16.0. The van der Waals surface area contributed by atoms with E-state index in [1.165, 1.54) is 5.56 Å². The van der Waals surface area contributed by atoms with E-state index in [0.29, 0.717) is 0 Å². The number of hydrogen-bond acceptors (Lipinski definition) is 3. The summed E-state index contributed by atoms with van der Waals surface area (Å²) in [4.78, 5) is 0. The second kappa shape index (κ2) is 20.2. The third-order valence-corrected chi connectivity index (χ3v) is 2.85. The fourth-order valence-corrected chi connectivity index (χ4v) is 1.47. The van der Waals surface area contributed by atoms with Crippen LogP contribution in [-0.2, 0) is 0 Å². The maximum absolute atomic E-state index is 4.00. The maximum Gasteiger partial charge on any atom is 0.00833 e. The van der Waals surface area contributed by atoms with Crippen LogP contribution in [-0.4, -0.2) is 0 Å². The lowest BCUT2D eigenvalue weighted by molar-refractivity contribution is 1.17. The molecule has 0 amide bonds. The normalized spacial score (nSPS) is 16.2. The van der Waals surface area contributed by atoms with Crippen molar-refractivity contribution in [1.29, 1.82) is 0 Å². The van der Waals surface area contributed by atoms with Crippen LogP contribution >= 0.6 is 0 Å². The first-order valence-electron chi connectivity index (χ1n) is 8.39. The summed E-state index contributed by atoms with van der Waals surface area (Å²) in [7, 11) is 0. The Balaban J connectivity index is 0. The second-order valence-corrected chi connectivity index (χ2v) is 4.96. The second-order valence-electron chi connectivity index (χ2n) is 4.96. The van der Waals surface area contributed by atoms with Gasteiger partial charge in [0.25, 0.3) is 0 Å². The predicted octanol–water partition coefficient (Wildman–Crippen LogP) is 5.24. The number of hydrazine groups is 1. The number of nitrogens with two attached hydrogens (primary N) is 2. The summed E-state index contributed by atoms with van der Waals surface area (Å²) < 4.78 is 0. The molecule has 0 unspecified atom stereocenters. The highest BCUT2D eigenvalue weighted by atomic mass is 15.0. The molecule has 1 heterocycles.